The van der Waals surface area contributed by atoms with Gasteiger partial charge in [-0.15, -0.1) is 0 Å². The third-order valence-corrected chi connectivity index (χ3v) is 5.95. The molecular formula is C24H30FN3O3. The Morgan fingerprint density at radius 3 is 2.65 bits per heavy atom. The van der Waals surface area contributed by atoms with E-state index in [1.54, 1.807) is 19.2 Å². The summed E-state index contributed by atoms with van der Waals surface area (Å²) in [6.45, 7) is 5.93. The van der Waals surface area contributed by atoms with Crippen LogP contribution >= 0.6 is 0 Å². The minimum absolute atomic E-state index is 0.0180. The molecule has 2 aliphatic rings. The van der Waals surface area contributed by atoms with E-state index in [0.717, 1.165) is 24.2 Å². The number of ether oxygens (including phenoxy) is 2. The third kappa shape index (κ3) is 4.77. The zero-order valence-electron chi connectivity index (χ0n) is 18.3. The van der Waals surface area contributed by atoms with E-state index < -0.39 is 0 Å². The Hall–Kier alpha value is -2.80. The molecule has 0 aromatic heterocycles. The summed E-state index contributed by atoms with van der Waals surface area (Å²) in [5.74, 6) is 0.430. The number of methoxy groups -OCH3 is 1. The number of urea groups is 1. The predicted molar refractivity (Wildman–Crippen MR) is 119 cm³/mol. The molecule has 2 heterocycles. The lowest BCUT2D eigenvalue weighted by atomic mass is 10.0. The van der Waals surface area contributed by atoms with Crippen LogP contribution in [0.5, 0.6) is 5.75 Å². The maximum atomic E-state index is 14.9. The molecule has 2 amide bonds. The molecule has 2 fully saturated rings. The average molecular weight is 428 g/mol. The molecular weight excluding hydrogens is 397 g/mol. The number of hydrogen-bond acceptors (Lipinski definition) is 4. The van der Waals surface area contributed by atoms with Crippen LogP contribution in [0.25, 0.3) is 0 Å². The second-order valence-electron chi connectivity index (χ2n) is 8.39. The second-order valence-corrected chi connectivity index (χ2v) is 8.39. The summed E-state index contributed by atoms with van der Waals surface area (Å²) in [5.41, 5.74) is 2.04. The molecule has 2 saturated heterocycles. The largest absolute Gasteiger partial charge is 0.497 e. The Balaban J connectivity index is 1.46. The van der Waals surface area contributed by atoms with E-state index in [2.05, 4.69) is 5.32 Å². The van der Waals surface area contributed by atoms with E-state index in [9.17, 15) is 9.18 Å². The number of amides is 2. The van der Waals surface area contributed by atoms with Crippen LogP contribution in [-0.2, 0) is 4.74 Å². The normalized spacial score (nSPS) is 23.7. The van der Waals surface area contributed by atoms with E-state index in [1.165, 1.54) is 6.07 Å². The molecule has 6 nitrogen and oxygen atoms in total. The van der Waals surface area contributed by atoms with Crippen LogP contribution < -0.4 is 15.0 Å². The molecule has 4 rings (SSSR count). The Kier molecular flexibility index (Phi) is 6.32. The Bertz CT molecular complexity index is 928. The van der Waals surface area contributed by atoms with Gasteiger partial charge in [0.05, 0.1) is 31.0 Å². The predicted octanol–water partition coefficient (Wildman–Crippen LogP) is 4.82. The Morgan fingerprint density at radius 2 is 1.94 bits per heavy atom. The Labute approximate surface area is 182 Å². The number of nitrogens with one attached hydrogen (secondary N) is 1. The average Bonchev–Trinajstić information content (AvgIpc) is 3.23. The van der Waals surface area contributed by atoms with Crippen LogP contribution in [0.15, 0.2) is 42.5 Å². The van der Waals surface area contributed by atoms with Gasteiger partial charge in [-0.3, -0.25) is 0 Å². The van der Waals surface area contributed by atoms with Gasteiger partial charge in [-0.1, -0.05) is 12.1 Å². The molecule has 0 saturated carbocycles. The van der Waals surface area contributed by atoms with Crippen LogP contribution in [0.1, 0.15) is 38.3 Å². The first-order chi connectivity index (χ1) is 14.9. The lowest BCUT2D eigenvalue weighted by Gasteiger charge is -2.37. The smallest absolute Gasteiger partial charge is 0.322 e. The van der Waals surface area contributed by atoms with Gasteiger partial charge in [0.1, 0.15) is 11.6 Å². The molecule has 1 N–H and O–H groups in total. The van der Waals surface area contributed by atoms with Crippen molar-refractivity contribution in [1.82, 2.24) is 4.90 Å². The first-order valence-electron chi connectivity index (χ1n) is 10.9. The van der Waals surface area contributed by atoms with Gasteiger partial charge in [-0.2, -0.15) is 0 Å². The number of hydrogen-bond donors (Lipinski definition) is 1. The van der Waals surface area contributed by atoms with Gasteiger partial charge in [-0.05, 0) is 62.6 Å². The number of carbonyl (C=O) groups is 1. The number of halogens is 1. The third-order valence-electron chi connectivity index (χ3n) is 5.95. The molecule has 166 valence electrons. The van der Waals surface area contributed by atoms with E-state index in [1.807, 2.05) is 47.9 Å². The summed E-state index contributed by atoms with van der Waals surface area (Å²) < 4.78 is 25.9. The van der Waals surface area contributed by atoms with Crippen molar-refractivity contribution < 1.29 is 18.7 Å². The van der Waals surface area contributed by atoms with Crippen molar-refractivity contribution in [1.29, 1.82) is 0 Å². The number of nitrogens with zero attached hydrogens (tertiary/aromatic N) is 2. The Morgan fingerprint density at radius 1 is 1.16 bits per heavy atom. The van der Waals surface area contributed by atoms with Crippen molar-refractivity contribution in [3.8, 4) is 5.75 Å². The van der Waals surface area contributed by atoms with Crippen molar-refractivity contribution in [2.75, 3.05) is 37.0 Å². The van der Waals surface area contributed by atoms with Crippen LogP contribution in [0.3, 0.4) is 0 Å². The lowest BCUT2D eigenvalue weighted by molar-refractivity contribution is -0.00539. The van der Waals surface area contributed by atoms with Gasteiger partial charge in [0.2, 0.25) is 0 Å². The maximum absolute atomic E-state index is 14.9. The second kappa shape index (κ2) is 9.14. The van der Waals surface area contributed by atoms with Gasteiger partial charge in [-0.25, -0.2) is 9.18 Å². The molecule has 0 bridgehead atoms. The SMILES string of the molecule is COc1cccc([C@@H]2CCCN2C(=O)Nc2ccc(N3C[C@@H](C)O[C@H](C)C3)c(F)c2)c1. The van der Waals surface area contributed by atoms with Crippen molar-refractivity contribution in [3.63, 3.8) is 0 Å². The highest BCUT2D eigenvalue weighted by atomic mass is 19.1. The molecule has 0 radical (unpaired) electrons. The van der Waals surface area contributed by atoms with E-state index in [4.69, 9.17) is 9.47 Å². The molecule has 2 aromatic rings. The summed E-state index contributed by atoms with van der Waals surface area (Å²) >= 11 is 0. The minimum Gasteiger partial charge on any atom is -0.497 e. The van der Waals surface area contributed by atoms with E-state index >= 15 is 0 Å². The maximum Gasteiger partial charge on any atom is 0.322 e. The molecule has 0 aliphatic carbocycles. The summed E-state index contributed by atoms with van der Waals surface area (Å²) in [7, 11) is 1.63. The van der Waals surface area contributed by atoms with Crippen LogP contribution in [0.4, 0.5) is 20.6 Å². The first kappa shape index (κ1) is 21.4. The lowest BCUT2D eigenvalue weighted by Crippen LogP contribution is -2.45. The zero-order valence-corrected chi connectivity index (χ0v) is 18.3. The van der Waals surface area contributed by atoms with Crippen LogP contribution in [-0.4, -0.2) is 49.9 Å². The van der Waals surface area contributed by atoms with E-state index in [-0.39, 0.29) is 30.1 Å². The molecule has 31 heavy (non-hydrogen) atoms. The summed E-state index contributed by atoms with van der Waals surface area (Å²) in [6.07, 6.45) is 1.91. The molecule has 7 heteroatoms. The molecule has 3 atom stereocenters. The van der Waals surface area contributed by atoms with Gasteiger partial charge in [0, 0.05) is 25.3 Å². The van der Waals surface area contributed by atoms with Crippen molar-refractivity contribution in [2.45, 2.75) is 44.9 Å². The van der Waals surface area contributed by atoms with Crippen LogP contribution in [0.2, 0.25) is 0 Å². The fourth-order valence-electron chi connectivity index (χ4n) is 4.62. The number of anilines is 2. The monoisotopic (exact) mass is 427 g/mol. The van der Waals surface area contributed by atoms with Gasteiger partial charge in [0.25, 0.3) is 0 Å². The summed E-state index contributed by atoms with van der Waals surface area (Å²) in [4.78, 5) is 16.8. The quantitative estimate of drug-likeness (QED) is 0.760. The number of benzene rings is 2. The number of carbonyl (C=O) groups excluding carboxylic acids is 1. The highest BCUT2D eigenvalue weighted by molar-refractivity contribution is 5.90. The molecule has 0 spiro atoms. The molecule has 2 aromatic carbocycles. The topological polar surface area (TPSA) is 54.0 Å². The van der Waals surface area contributed by atoms with E-state index in [0.29, 0.717) is 31.0 Å². The zero-order chi connectivity index (χ0) is 22.0. The molecule has 0 unspecified atom stereocenters. The van der Waals surface area contributed by atoms with Gasteiger partial charge < -0.3 is 24.6 Å². The first-order valence-corrected chi connectivity index (χ1v) is 10.9. The number of rotatable bonds is 4. The molecule has 2 aliphatic heterocycles. The minimum atomic E-state index is -0.343. The number of likely N-dealkylation sites (tertiary alicyclic amines) is 1. The van der Waals surface area contributed by atoms with Crippen molar-refractivity contribution >= 4 is 17.4 Å². The standard InChI is InChI=1S/C24H30FN3O3/c1-16-14-27(15-17(2)31-16)23-10-9-19(13-21(23)25)26-24(29)28-11-5-8-22(28)18-6-4-7-20(12-18)30-3/h4,6-7,9-10,12-13,16-17,22H,5,8,11,14-15H2,1-3H3,(H,26,29)/t16-,17-,22+/m1/s1. The van der Waals surface area contributed by atoms with Crippen LogP contribution in [0, 0.1) is 5.82 Å². The van der Waals surface area contributed by atoms with Crippen molar-refractivity contribution in [3.05, 3.63) is 53.8 Å². The number of morpholine rings is 1. The summed E-state index contributed by atoms with van der Waals surface area (Å²) in [6, 6.07) is 12.5. The summed E-state index contributed by atoms with van der Waals surface area (Å²) in [5, 5.41) is 2.87. The fraction of sp³-hybridized carbons (Fsp3) is 0.458. The highest BCUT2D eigenvalue weighted by Crippen LogP contribution is 2.34. The van der Waals surface area contributed by atoms with Crippen molar-refractivity contribution in [2.24, 2.45) is 0 Å². The van der Waals surface area contributed by atoms with Gasteiger partial charge in [0.15, 0.2) is 0 Å². The fourth-order valence-corrected chi connectivity index (χ4v) is 4.62. The highest BCUT2D eigenvalue weighted by Gasteiger charge is 2.30. The van der Waals surface area contributed by atoms with Gasteiger partial charge >= 0.3 is 6.03 Å².